The number of nitrogens with zero attached hydrogens (tertiary/aromatic N) is 4. The summed E-state index contributed by atoms with van der Waals surface area (Å²) in [6.07, 6.45) is 13.2. The molecule has 0 radical (unpaired) electrons. The molecule has 1 atom stereocenters. The van der Waals surface area contributed by atoms with Crippen molar-refractivity contribution in [1.82, 2.24) is 19.3 Å². The molecule has 5 rings (SSSR count). The van der Waals surface area contributed by atoms with Gasteiger partial charge in [0.05, 0.1) is 17.3 Å². The number of hydrogen-bond acceptors (Lipinski definition) is 4. The van der Waals surface area contributed by atoms with E-state index in [0.717, 1.165) is 68.5 Å². The highest BCUT2D eigenvalue weighted by molar-refractivity contribution is 6.30. The van der Waals surface area contributed by atoms with Gasteiger partial charge in [0.15, 0.2) is 5.65 Å². The van der Waals surface area contributed by atoms with Crippen LogP contribution < -0.4 is 0 Å². The van der Waals surface area contributed by atoms with Crippen molar-refractivity contribution in [2.75, 3.05) is 26.3 Å². The Hall–Kier alpha value is -2.44. The first-order valence-corrected chi connectivity index (χ1v) is 11.9. The number of ether oxygens (including phenoxy) is 1. The molecule has 1 aromatic carbocycles. The minimum absolute atomic E-state index is 0.252. The van der Waals surface area contributed by atoms with Gasteiger partial charge in [-0.3, -0.25) is 9.78 Å². The molecule has 2 aromatic heterocycles. The van der Waals surface area contributed by atoms with Crippen LogP contribution in [0.15, 0.2) is 49.1 Å². The number of imidazole rings is 1. The van der Waals surface area contributed by atoms with E-state index in [4.69, 9.17) is 16.3 Å². The van der Waals surface area contributed by atoms with E-state index in [2.05, 4.69) is 21.1 Å². The minimum atomic E-state index is -0.503. The van der Waals surface area contributed by atoms with Gasteiger partial charge in [-0.05, 0) is 62.1 Å². The van der Waals surface area contributed by atoms with Crippen molar-refractivity contribution >= 4 is 23.2 Å². The second-order valence-corrected chi connectivity index (χ2v) is 9.50. The predicted octanol–water partition coefficient (Wildman–Crippen LogP) is 4.30. The molecule has 0 bridgehead atoms. The molecular weight excluding hydrogens is 424 g/mol. The van der Waals surface area contributed by atoms with E-state index in [1.807, 2.05) is 41.1 Å². The quantitative estimate of drug-likeness (QED) is 0.592. The number of rotatable bonds is 4. The van der Waals surface area contributed by atoms with Crippen LogP contribution in [0.25, 0.3) is 5.65 Å². The molecule has 0 saturated carbocycles. The summed E-state index contributed by atoms with van der Waals surface area (Å²) in [5, 5.41) is 0.698. The fourth-order valence-electron chi connectivity index (χ4n) is 5.26. The zero-order chi connectivity index (χ0) is 22.0. The number of benzene rings is 1. The number of hydrogen-bond donors (Lipinski definition) is 0. The third-order valence-corrected chi connectivity index (χ3v) is 7.37. The summed E-state index contributed by atoms with van der Waals surface area (Å²) in [4.78, 5) is 24.9. The summed E-state index contributed by atoms with van der Waals surface area (Å²) in [6.45, 7) is 2.85. The summed E-state index contributed by atoms with van der Waals surface area (Å²) in [6, 6.07) is 7.82. The molecule has 0 N–H and O–H groups in total. The Kier molecular flexibility index (Phi) is 6.15. The molecule has 0 unspecified atom stereocenters. The number of amides is 1. The minimum Gasteiger partial charge on any atom is -0.381 e. The molecule has 4 heterocycles. The summed E-state index contributed by atoms with van der Waals surface area (Å²) >= 11 is 6.12. The molecule has 2 aliphatic rings. The highest BCUT2D eigenvalue weighted by Gasteiger charge is 2.44. The monoisotopic (exact) mass is 452 g/mol. The van der Waals surface area contributed by atoms with Gasteiger partial charge in [-0.1, -0.05) is 23.7 Å². The molecular formula is C25H29ClN4O2. The maximum absolute atomic E-state index is 13.9. The van der Waals surface area contributed by atoms with E-state index >= 15 is 0 Å². The number of likely N-dealkylation sites (tertiary alicyclic amines) is 1. The van der Waals surface area contributed by atoms with Gasteiger partial charge >= 0.3 is 0 Å². The lowest BCUT2D eigenvalue weighted by atomic mass is 9.73. The Balaban J connectivity index is 1.30. The van der Waals surface area contributed by atoms with Gasteiger partial charge in [-0.25, -0.2) is 4.98 Å². The topological polar surface area (TPSA) is 59.7 Å². The Morgan fingerprint density at radius 2 is 1.94 bits per heavy atom. The fraction of sp³-hybridized carbons (Fsp3) is 0.480. The molecule has 3 aromatic rings. The van der Waals surface area contributed by atoms with Crippen molar-refractivity contribution < 1.29 is 9.53 Å². The standard InChI is InChI=1S/C25H29ClN4O2/c26-21-5-3-20(4-6-21)25(8-14-32-15-9-25)24(31)29-11-1-2-19(7-12-29)16-22-18-30-13-10-27-23(30)17-28-22/h3-6,10,13,17-19H,1-2,7-9,11-12,14-16H2/t19-/m0/s1. The lowest BCUT2D eigenvalue weighted by Crippen LogP contribution is -2.50. The van der Waals surface area contributed by atoms with Crippen molar-refractivity contribution in [2.45, 2.75) is 43.9 Å². The Labute approximate surface area is 193 Å². The second-order valence-electron chi connectivity index (χ2n) is 9.07. The largest absolute Gasteiger partial charge is 0.381 e. The van der Waals surface area contributed by atoms with Crippen LogP contribution in [-0.2, 0) is 21.4 Å². The van der Waals surface area contributed by atoms with Gasteiger partial charge in [0.1, 0.15) is 0 Å². The summed E-state index contributed by atoms with van der Waals surface area (Å²) in [7, 11) is 0. The zero-order valence-corrected chi connectivity index (χ0v) is 19.0. The van der Waals surface area contributed by atoms with Crippen LogP contribution in [0.5, 0.6) is 0 Å². The van der Waals surface area contributed by atoms with Crippen LogP contribution in [-0.4, -0.2) is 51.5 Å². The van der Waals surface area contributed by atoms with Gasteiger partial charge in [0.2, 0.25) is 5.91 Å². The van der Waals surface area contributed by atoms with Crippen molar-refractivity contribution in [2.24, 2.45) is 5.92 Å². The molecule has 1 amide bonds. The first-order valence-electron chi connectivity index (χ1n) is 11.5. The average Bonchev–Trinajstić information content (AvgIpc) is 3.17. The highest BCUT2D eigenvalue weighted by atomic mass is 35.5. The molecule has 0 aliphatic carbocycles. The SMILES string of the molecule is O=C(N1CCC[C@H](Cc2cn3ccnc3cn2)CC1)C1(c2ccc(Cl)cc2)CCOCC1. The lowest BCUT2D eigenvalue weighted by molar-refractivity contribution is -0.141. The Morgan fingerprint density at radius 1 is 1.12 bits per heavy atom. The maximum atomic E-state index is 13.9. The van der Waals surface area contributed by atoms with E-state index in [1.165, 1.54) is 0 Å². The van der Waals surface area contributed by atoms with E-state index in [1.54, 1.807) is 6.20 Å². The van der Waals surface area contributed by atoms with Gasteiger partial charge in [-0.15, -0.1) is 0 Å². The Morgan fingerprint density at radius 3 is 2.75 bits per heavy atom. The third-order valence-electron chi connectivity index (χ3n) is 7.12. The predicted molar refractivity (Wildman–Crippen MR) is 124 cm³/mol. The van der Waals surface area contributed by atoms with Crippen LogP contribution >= 0.6 is 11.6 Å². The molecule has 168 valence electrons. The number of aromatic nitrogens is 3. The fourth-order valence-corrected chi connectivity index (χ4v) is 5.39. The van der Waals surface area contributed by atoms with Gasteiger partial charge < -0.3 is 14.0 Å². The molecule has 2 fully saturated rings. The van der Waals surface area contributed by atoms with Crippen LogP contribution in [0.1, 0.15) is 43.4 Å². The van der Waals surface area contributed by atoms with Gasteiger partial charge in [0, 0.05) is 49.9 Å². The van der Waals surface area contributed by atoms with E-state index in [9.17, 15) is 4.79 Å². The van der Waals surface area contributed by atoms with Crippen LogP contribution in [0, 0.1) is 5.92 Å². The first-order chi connectivity index (χ1) is 15.6. The van der Waals surface area contributed by atoms with E-state index in [0.29, 0.717) is 24.2 Å². The average molecular weight is 453 g/mol. The molecule has 2 aliphatic heterocycles. The zero-order valence-electron chi connectivity index (χ0n) is 18.3. The number of carbonyl (C=O) groups excluding carboxylic acids is 1. The van der Waals surface area contributed by atoms with Crippen LogP contribution in [0.3, 0.4) is 0 Å². The highest BCUT2D eigenvalue weighted by Crippen LogP contribution is 2.38. The van der Waals surface area contributed by atoms with Gasteiger partial charge in [0.25, 0.3) is 0 Å². The number of fused-ring (bicyclic) bond motifs is 1. The summed E-state index contributed by atoms with van der Waals surface area (Å²) in [5.74, 6) is 0.782. The third kappa shape index (κ3) is 4.26. The number of halogens is 1. The lowest BCUT2D eigenvalue weighted by Gasteiger charge is -2.40. The molecule has 6 nitrogen and oxygen atoms in total. The maximum Gasteiger partial charge on any atom is 0.233 e. The normalized spacial score (nSPS) is 21.4. The Bertz CT molecular complexity index is 1070. The van der Waals surface area contributed by atoms with Crippen molar-refractivity contribution in [3.63, 3.8) is 0 Å². The van der Waals surface area contributed by atoms with Crippen molar-refractivity contribution in [3.05, 3.63) is 65.3 Å². The van der Waals surface area contributed by atoms with E-state index in [-0.39, 0.29) is 5.91 Å². The first kappa shape index (κ1) is 21.4. The summed E-state index contributed by atoms with van der Waals surface area (Å²) in [5.41, 5.74) is 2.52. The van der Waals surface area contributed by atoms with Crippen molar-refractivity contribution in [1.29, 1.82) is 0 Å². The van der Waals surface area contributed by atoms with E-state index < -0.39 is 5.41 Å². The smallest absolute Gasteiger partial charge is 0.233 e. The molecule has 7 heteroatoms. The molecule has 32 heavy (non-hydrogen) atoms. The van der Waals surface area contributed by atoms with Crippen LogP contribution in [0.4, 0.5) is 0 Å². The summed E-state index contributed by atoms with van der Waals surface area (Å²) < 4.78 is 7.65. The second kappa shape index (κ2) is 9.20. The van der Waals surface area contributed by atoms with Crippen molar-refractivity contribution in [3.8, 4) is 0 Å². The number of carbonyl (C=O) groups is 1. The van der Waals surface area contributed by atoms with Gasteiger partial charge in [-0.2, -0.15) is 0 Å². The molecule has 2 saturated heterocycles. The molecule has 0 spiro atoms. The van der Waals surface area contributed by atoms with Crippen LogP contribution in [0.2, 0.25) is 5.02 Å².